The van der Waals surface area contributed by atoms with Gasteiger partial charge in [0.1, 0.15) is 10.9 Å². The molecule has 0 aliphatic heterocycles. The van der Waals surface area contributed by atoms with Crippen LogP contribution in [-0.4, -0.2) is 40.0 Å². The second-order valence-corrected chi connectivity index (χ2v) is 7.38. The van der Waals surface area contributed by atoms with Crippen molar-refractivity contribution in [3.8, 4) is 0 Å². The Morgan fingerprint density at radius 2 is 1.69 bits per heavy atom. The molecule has 0 heterocycles. The van der Waals surface area contributed by atoms with Gasteiger partial charge in [-0.2, -0.15) is 0 Å². The lowest BCUT2D eigenvalue weighted by atomic mass is 10.1. The number of esters is 2. The lowest BCUT2D eigenvalue weighted by Crippen LogP contribution is -2.36. The number of nitrogens with one attached hydrogen (secondary N) is 1. The molecule has 0 radical (unpaired) electrons. The minimum Gasteiger partial charge on any atom is -0.463 e. The lowest BCUT2D eigenvalue weighted by Gasteiger charge is -2.18. The van der Waals surface area contributed by atoms with Gasteiger partial charge in [-0.05, 0) is 52.1 Å². The van der Waals surface area contributed by atoms with Crippen molar-refractivity contribution in [3.63, 3.8) is 0 Å². The number of nitro benzene ring substituents is 2. The highest BCUT2D eigenvalue weighted by molar-refractivity contribution is 7.97. The molecule has 0 saturated carbocycles. The highest BCUT2D eigenvalue weighted by Crippen LogP contribution is 2.31. The van der Waals surface area contributed by atoms with Crippen molar-refractivity contribution in [2.24, 2.45) is 0 Å². The summed E-state index contributed by atoms with van der Waals surface area (Å²) in [6, 6.07) is 2.23. The number of carbonyl (C=O) groups is 2. The Hall–Kier alpha value is -2.73. The van der Waals surface area contributed by atoms with Crippen LogP contribution in [-0.2, 0) is 19.1 Å². The number of nitro groups is 2. The highest BCUT2D eigenvalue weighted by Gasteiger charge is 2.25. The van der Waals surface area contributed by atoms with E-state index in [1.54, 1.807) is 27.7 Å². The largest absolute Gasteiger partial charge is 0.463 e. The normalized spacial score (nSPS) is 11.9. The molecule has 12 heteroatoms. The average molecular weight is 429 g/mol. The molecule has 0 saturated heterocycles. The fourth-order valence-corrected chi connectivity index (χ4v) is 2.96. The number of benzene rings is 1. The summed E-state index contributed by atoms with van der Waals surface area (Å²) in [5, 5.41) is 22.1. The molecule has 0 amide bonds. The lowest BCUT2D eigenvalue weighted by molar-refractivity contribution is -0.396. The Kier molecular flexibility index (Phi) is 9.48. The van der Waals surface area contributed by atoms with Crippen molar-refractivity contribution < 1.29 is 28.9 Å². The molecule has 0 bridgehead atoms. The van der Waals surface area contributed by atoms with E-state index in [0.29, 0.717) is 0 Å². The molecule has 0 unspecified atom stereocenters. The number of nitrogens with zero attached hydrogens (tertiary/aromatic N) is 2. The van der Waals surface area contributed by atoms with Gasteiger partial charge in [-0.1, -0.05) is 0 Å². The van der Waals surface area contributed by atoms with E-state index >= 15 is 0 Å². The van der Waals surface area contributed by atoms with Crippen LogP contribution in [0.15, 0.2) is 23.1 Å². The Morgan fingerprint density at radius 1 is 1.07 bits per heavy atom. The predicted molar refractivity (Wildman–Crippen MR) is 104 cm³/mol. The van der Waals surface area contributed by atoms with Gasteiger partial charge < -0.3 is 9.47 Å². The van der Waals surface area contributed by atoms with E-state index < -0.39 is 45.3 Å². The summed E-state index contributed by atoms with van der Waals surface area (Å²) in [7, 11) is 0. The van der Waals surface area contributed by atoms with E-state index in [1.165, 1.54) is 6.07 Å². The van der Waals surface area contributed by atoms with Gasteiger partial charge in [-0.25, -0.2) is 4.72 Å². The minimum atomic E-state index is -0.947. The van der Waals surface area contributed by atoms with Crippen LogP contribution in [0, 0.1) is 20.2 Å². The molecule has 1 aromatic rings. The van der Waals surface area contributed by atoms with Gasteiger partial charge >= 0.3 is 11.9 Å². The molecule has 1 N–H and O–H groups in total. The molecule has 0 fully saturated rings. The fourth-order valence-electron chi connectivity index (χ4n) is 2.11. The number of hydrogen-bond acceptors (Lipinski definition) is 10. The van der Waals surface area contributed by atoms with Crippen LogP contribution in [0.3, 0.4) is 0 Å². The first-order chi connectivity index (χ1) is 13.5. The zero-order chi connectivity index (χ0) is 22.1. The van der Waals surface area contributed by atoms with Gasteiger partial charge in [-0.15, -0.1) is 0 Å². The number of ether oxygens (including phenoxy) is 2. The first kappa shape index (κ1) is 24.3. The first-order valence-corrected chi connectivity index (χ1v) is 9.58. The fraction of sp³-hybridized carbons (Fsp3) is 0.529. The Labute approximate surface area is 171 Å². The number of carbonyl (C=O) groups excluding carboxylic acids is 2. The molecule has 160 valence electrons. The van der Waals surface area contributed by atoms with Gasteiger partial charge in [0.25, 0.3) is 11.4 Å². The smallest absolute Gasteiger partial charge is 0.324 e. The van der Waals surface area contributed by atoms with E-state index in [4.69, 9.17) is 9.47 Å². The SMILES string of the molecule is CC(C)OC(=O)CC[C@H](NSc1ccc([N+](=O)[O-])cc1[N+](=O)[O-])C(=O)OC(C)C. The number of non-ortho nitro benzene ring substituents is 1. The quantitative estimate of drug-likeness (QED) is 0.240. The third-order valence-corrected chi connectivity index (χ3v) is 4.27. The molecular formula is C17H23N3O8S. The molecule has 0 spiro atoms. The van der Waals surface area contributed by atoms with E-state index in [2.05, 4.69) is 4.72 Å². The van der Waals surface area contributed by atoms with Crippen LogP contribution >= 0.6 is 11.9 Å². The minimum absolute atomic E-state index is 0.0465. The highest BCUT2D eigenvalue weighted by atomic mass is 32.2. The third kappa shape index (κ3) is 8.44. The number of hydrogen-bond donors (Lipinski definition) is 1. The molecular weight excluding hydrogens is 406 g/mol. The van der Waals surface area contributed by atoms with Gasteiger partial charge in [-0.3, -0.25) is 29.8 Å². The van der Waals surface area contributed by atoms with Gasteiger partial charge in [0.05, 0.1) is 28.1 Å². The van der Waals surface area contributed by atoms with Crippen molar-refractivity contribution in [3.05, 3.63) is 38.4 Å². The van der Waals surface area contributed by atoms with Crippen LogP contribution in [0.5, 0.6) is 0 Å². The zero-order valence-corrected chi connectivity index (χ0v) is 17.3. The van der Waals surface area contributed by atoms with Crippen LogP contribution in [0.2, 0.25) is 0 Å². The second-order valence-electron chi connectivity index (χ2n) is 6.50. The van der Waals surface area contributed by atoms with Crippen LogP contribution < -0.4 is 4.72 Å². The summed E-state index contributed by atoms with van der Waals surface area (Å²) in [6.07, 6.45) is -0.710. The predicted octanol–water partition coefficient (Wildman–Crippen LogP) is 3.15. The van der Waals surface area contributed by atoms with Crippen molar-refractivity contribution in [2.45, 2.75) is 63.7 Å². The van der Waals surface area contributed by atoms with E-state index in [0.717, 1.165) is 24.1 Å². The number of rotatable bonds is 11. The summed E-state index contributed by atoms with van der Waals surface area (Å²) >= 11 is 0.758. The summed E-state index contributed by atoms with van der Waals surface area (Å²) < 4.78 is 12.9. The Morgan fingerprint density at radius 3 is 2.21 bits per heavy atom. The molecule has 1 rings (SSSR count). The molecule has 0 aliphatic rings. The van der Waals surface area contributed by atoms with Crippen LogP contribution in [0.25, 0.3) is 0 Å². The van der Waals surface area contributed by atoms with E-state index in [1.807, 2.05) is 0 Å². The van der Waals surface area contributed by atoms with Crippen molar-refractivity contribution in [1.29, 1.82) is 0 Å². The van der Waals surface area contributed by atoms with Gasteiger partial charge in [0, 0.05) is 12.5 Å². The molecule has 0 aliphatic carbocycles. The summed E-state index contributed by atoms with van der Waals surface area (Å²) in [6.45, 7) is 6.72. The monoisotopic (exact) mass is 429 g/mol. The molecule has 1 aromatic carbocycles. The summed E-state index contributed by atoms with van der Waals surface area (Å²) in [4.78, 5) is 44.7. The standard InChI is InChI=1S/C17H23N3O8S/c1-10(2)27-16(21)8-6-13(17(22)28-11(3)4)18-29-15-7-5-12(19(23)24)9-14(15)20(25)26/h5,7,9-11,13,18H,6,8H2,1-4H3/t13-/m0/s1. The van der Waals surface area contributed by atoms with Crippen molar-refractivity contribution >= 4 is 35.3 Å². The maximum atomic E-state index is 12.3. The maximum absolute atomic E-state index is 12.3. The Bertz CT molecular complexity index is 769. The van der Waals surface area contributed by atoms with Gasteiger partial charge in [0.15, 0.2) is 0 Å². The van der Waals surface area contributed by atoms with E-state index in [9.17, 15) is 29.8 Å². The first-order valence-electron chi connectivity index (χ1n) is 8.76. The average Bonchev–Trinajstić information content (AvgIpc) is 2.60. The van der Waals surface area contributed by atoms with Gasteiger partial charge in [0.2, 0.25) is 0 Å². The topological polar surface area (TPSA) is 151 Å². The van der Waals surface area contributed by atoms with E-state index in [-0.39, 0.29) is 23.8 Å². The summed E-state index contributed by atoms with van der Waals surface area (Å²) in [5.41, 5.74) is -0.903. The Balaban J connectivity index is 2.93. The third-order valence-electron chi connectivity index (χ3n) is 3.30. The maximum Gasteiger partial charge on any atom is 0.324 e. The second kappa shape index (κ2) is 11.3. The van der Waals surface area contributed by atoms with Crippen LogP contribution in [0.4, 0.5) is 11.4 Å². The van der Waals surface area contributed by atoms with Crippen molar-refractivity contribution in [2.75, 3.05) is 0 Å². The summed E-state index contributed by atoms with van der Waals surface area (Å²) in [5.74, 6) is -1.12. The zero-order valence-electron chi connectivity index (χ0n) is 16.4. The molecule has 29 heavy (non-hydrogen) atoms. The van der Waals surface area contributed by atoms with Crippen molar-refractivity contribution in [1.82, 2.24) is 4.72 Å². The molecule has 11 nitrogen and oxygen atoms in total. The molecule has 1 atom stereocenters. The molecule has 0 aromatic heterocycles. The van der Waals surface area contributed by atoms with Crippen LogP contribution in [0.1, 0.15) is 40.5 Å².